The number of pyridine rings is 1. The summed E-state index contributed by atoms with van der Waals surface area (Å²) in [5.74, 6) is -3.77. The largest absolute Gasteiger partial charge is 0.481 e. The molecular weight excluding hydrogens is 464 g/mol. The first-order chi connectivity index (χ1) is 15.6. The Labute approximate surface area is 196 Å². The summed E-state index contributed by atoms with van der Waals surface area (Å²) in [5, 5.41) is 10.1. The van der Waals surface area contributed by atoms with E-state index in [-0.39, 0.29) is 16.3 Å². The summed E-state index contributed by atoms with van der Waals surface area (Å²) in [7, 11) is -4.22. The Hall–Kier alpha value is -3.23. The number of aryl methyl sites for hydroxylation is 1. The summed E-state index contributed by atoms with van der Waals surface area (Å²) in [6, 6.07) is 15.8. The lowest BCUT2D eigenvalue weighted by Gasteiger charge is -2.30. The number of hydrogen-bond acceptors (Lipinski definition) is 5. The number of rotatable bonds is 6. The average Bonchev–Trinajstić information content (AvgIpc) is 3.13. The molecule has 0 saturated heterocycles. The smallest absolute Gasteiger partial charge is 0.306 e. The molecule has 0 fully saturated rings. The van der Waals surface area contributed by atoms with Crippen LogP contribution >= 0.6 is 11.6 Å². The molecule has 0 saturated carbocycles. The van der Waals surface area contributed by atoms with Gasteiger partial charge in [-0.1, -0.05) is 42.8 Å². The standard InChI is InChI=1S/C24H21ClN2O5S/c1-14-7-6-10-19(26-14)23(28)22-21(15(2)24(29)30)18-13-16(25)11-12-20(18)27(22)33(31,32)17-8-4-3-5-9-17/h3-13,15,21-22H,1-2H3,(H,29,30). The first-order valence-electron chi connectivity index (χ1n) is 10.2. The number of aromatic nitrogens is 1. The van der Waals surface area contributed by atoms with Gasteiger partial charge in [-0.2, -0.15) is 0 Å². The number of carboxylic acids is 1. The Kier molecular flexibility index (Phi) is 5.99. The second kappa shape index (κ2) is 8.61. The van der Waals surface area contributed by atoms with Crippen LogP contribution in [-0.4, -0.2) is 36.3 Å². The Morgan fingerprint density at radius 1 is 1.06 bits per heavy atom. The van der Waals surface area contributed by atoms with Crippen LogP contribution < -0.4 is 4.31 Å². The van der Waals surface area contributed by atoms with Crippen LogP contribution in [0, 0.1) is 12.8 Å². The normalized spacial score (nSPS) is 18.6. The molecule has 3 aromatic rings. The molecule has 2 aromatic carbocycles. The molecule has 3 unspecified atom stereocenters. The fourth-order valence-electron chi connectivity index (χ4n) is 4.24. The number of carbonyl (C=O) groups excluding carboxylic acids is 1. The minimum atomic E-state index is -4.22. The molecule has 1 aromatic heterocycles. The molecule has 3 atom stereocenters. The van der Waals surface area contributed by atoms with Crippen LogP contribution in [0.5, 0.6) is 0 Å². The predicted molar refractivity (Wildman–Crippen MR) is 124 cm³/mol. The molecule has 0 spiro atoms. The summed E-state index contributed by atoms with van der Waals surface area (Å²) in [4.78, 5) is 30.1. The van der Waals surface area contributed by atoms with Gasteiger partial charge in [0, 0.05) is 16.6 Å². The molecule has 4 rings (SSSR count). The van der Waals surface area contributed by atoms with Crippen molar-refractivity contribution in [1.29, 1.82) is 0 Å². The number of carboxylic acid groups (broad SMARTS) is 1. The van der Waals surface area contributed by atoms with E-state index in [1.165, 1.54) is 43.3 Å². The van der Waals surface area contributed by atoms with Crippen molar-refractivity contribution in [3.63, 3.8) is 0 Å². The van der Waals surface area contributed by atoms with Crippen LogP contribution in [0.4, 0.5) is 5.69 Å². The number of halogens is 1. The van der Waals surface area contributed by atoms with Gasteiger partial charge < -0.3 is 5.11 Å². The lowest BCUT2D eigenvalue weighted by molar-refractivity contribution is -0.141. The Morgan fingerprint density at radius 2 is 1.76 bits per heavy atom. The summed E-state index contributed by atoms with van der Waals surface area (Å²) in [6.45, 7) is 3.18. The molecule has 0 bridgehead atoms. The fourth-order valence-corrected chi connectivity index (χ4v) is 6.10. The molecule has 0 amide bonds. The first-order valence-corrected chi connectivity index (χ1v) is 12.0. The van der Waals surface area contributed by atoms with Crippen molar-refractivity contribution >= 4 is 39.1 Å². The van der Waals surface area contributed by atoms with E-state index in [2.05, 4.69) is 4.98 Å². The van der Waals surface area contributed by atoms with Crippen molar-refractivity contribution in [2.75, 3.05) is 4.31 Å². The highest BCUT2D eigenvalue weighted by molar-refractivity contribution is 7.93. The highest BCUT2D eigenvalue weighted by Gasteiger charge is 2.52. The molecule has 33 heavy (non-hydrogen) atoms. The van der Waals surface area contributed by atoms with E-state index < -0.39 is 39.7 Å². The summed E-state index contributed by atoms with van der Waals surface area (Å²) < 4.78 is 28.6. The van der Waals surface area contributed by atoms with Gasteiger partial charge in [0.05, 0.1) is 16.5 Å². The average molecular weight is 485 g/mol. The van der Waals surface area contributed by atoms with Crippen molar-refractivity contribution in [2.45, 2.75) is 30.7 Å². The van der Waals surface area contributed by atoms with Gasteiger partial charge in [-0.25, -0.2) is 13.4 Å². The second-order valence-corrected chi connectivity index (χ2v) is 10.2. The van der Waals surface area contributed by atoms with Gasteiger partial charge in [-0.3, -0.25) is 13.9 Å². The van der Waals surface area contributed by atoms with E-state index in [1.807, 2.05) is 0 Å². The zero-order valence-corrected chi connectivity index (χ0v) is 19.4. The number of anilines is 1. The molecule has 170 valence electrons. The van der Waals surface area contributed by atoms with E-state index in [9.17, 15) is 23.1 Å². The molecule has 1 N–H and O–H groups in total. The van der Waals surface area contributed by atoms with Crippen LogP contribution in [0.15, 0.2) is 71.6 Å². The van der Waals surface area contributed by atoms with Gasteiger partial charge >= 0.3 is 5.97 Å². The van der Waals surface area contributed by atoms with Crippen molar-refractivity contribution in [2.24, 2.45) is 5.92 Å². The Bertz CT molecular complexity index is 1340. The van der Waals surface area contributed by atoms with Crippen LogP contribution in [-0.2, 0) is 14.8 Å². The topological polar surface area (TPSA) is 105 Å². The van der Waals surface area contributed by atoms with Gasteiger partial charge in [0.25, 0.3) is 10.0 Å². The van der Waals surface area contributed by atoms with Gasteiger partial charge in [-0.05, 0) is 55.0 Å². The van der Waals surface area contributed by atoms with Gasteiger partial charge in [0.1, 0.15) is 11.7 Å². The number of Topliss-reactive ketones (excluding diaryl/α,β-unsaturated/α-hetero) is 1. The minimum Gasteiger partial charge on any atom is -0.481 e. The zero-order chi connectivity index (χ0) is 23.9. The molecule has 1 aliphatic rings. The molecule has 7 nitrogen and oxygen atoms in total. The first kappa shape index (κ1) is 22.9. The number of sulfonamides is 1. The predicted octanol–water partition coefficient (Wildman–Crippen LogP) is 4.31. The zero-order valence-electron chi connectivity index (χ0n) is 17.8. The number of carbonyl (C=O) groups is 2. The van der Waals surface area contributed by atoms with Crippen molar-refractivity contribution < 1.29 is 23.1 Å². The summed E-state index contributed by atoms with van der Waals surface area (Å²) in [6.07, 6.45) is 0. The van der Waals surface area contributed by atoms with Crippen LogP contribution in [0.25, 0.3) is 0 Å². The lowest BCUT2D eigenvalue weighted by atomic mass is 9.82. The number of ketones is 1. The van der Waals surface area contributed by atoms with E-state index in [4.69, 9.17) is 11.6 Å². The molecule has 1 aliphatic heterocycles. The van der Waals surface area contributed by atoms with E-state index in [1.54, 1.807) is 37.3 Å². The third-order valence-electron chi connectivity index (χ3n) is 5.82. The van der Waals surface area contributed by atoms with Crippen LogP contribution in [0.1, 0.15) is 34.6 Å². The molecule has 9 heteroatoms. The second-order valence-electron chi connectivity index (χ2n) is 7.94. The number of benzene rings is 2. The third-order valence-corrected chi connectivity index (χ3v) is 7.86. The number of fused-ring (bicyclic) bond motifs is 1. The quantitative estimate of drug-likeness (QED) is 0.523. The number of aliphatic carboxylic acids is 1. The molecule has 0 radical (unpaired) electrons. The van der Waals surface area contributed by atoms with Gasteiger partial charge in [-0.15, -0.1) is 0 Å². The van der Waals surface area contributed by atoms with E-state index >= 15 is 0 Å². The highest BCUT2D eigenvalue weighted by Crippen LogP contribution is 2.49. The van der Waals surface area contributed by atoms with Crippen molar-refractivity contribution in [1.82, 2.24) is 4.98 Å². The van der Waals surface area contributed by atoms with Crippen molar-refractivity contribution in [3.05, 3.63) is 88.7 Å². The number of nitrogens with zero attached hydrogens (tertiary/aromatic N) is 2. The monoisotopic (exact) mass is 484 g/mol. The van der Waals surface area contributed by atoms with Crippen LogP contribution in [0.3, 0.4) is 0 Å². The van der Waals surface area contributed by atoms with Gasteiger partial charge in [0.15, 0.2) is 0 Å². The Morgan fingerprint density at radius 3 is 2.39 bits per heavy atom. The maximum atomic E-state index is 13.8. The minimum absolute atomic E-state index is 0.00969. The van der Waals surface area contributed by atoms with Crippen molar-refractivity contribution in [3.8, 4) is 0 Å². The van der Waals surface area contributed by atoms with E-state index in [0.29, 0.717) is 16.3 Å². The fraction of sp³-hybridized carbons (Fsp3) is 0.208. The number of hydrogen-bond donors (Lipinski definition) is 1. The van der Waals surface area contributed by atoms with E-state index in [0.717, 1.165) is 4.31 Å². The lowest BCUT2D eigenvalue weighted by Crippen LogP contribution is -2.46. The van der Waals surface area contributed by atoms with Crippen LogP contribution in [0.2, 0.25) is 5.02 Å². The van der Waals surface area contributed by atoms with Gasteiger partial charge in [0.2, 0.25) is 5.78 Å². The summed E-state index contributed by atoms with van der Waals surface area (Å²) in [5.41, 5.74) is 1.27. The summed E-state index contributed by atoms with van der Waals surface area (Å²) >= 11 is 6.20. The SMILES string of the molecule is Cc1cccc(C(=O)C2C(C(C)C(=O)O)c3cc(Cl)ccc3N2S(=O)(=O)c2ccccc2)n1. The third kappa shape index (κ3) is 4.00. The highest BCUT2D eigenvalue weighted by atomic mass is 35.5. The maximum Gasteiger partial charge on any atom is 0.306 e. The molecule has 0 aliphatic carbocycles. The maximum absolute atomic E-state index is 13.8. The molecule has 2 heterocycles. The molecular formula is C24H21ClN2O5S. The Balaban J connectivity index is 1.99.